The van der Waals surface area contributed by atoms with Gasteiger partial charge in [0.1, 0.15) is 31.3 Å². The van der Waals surface area contributed by atoms with E-state index in [1.165, 1.54) is 0 Å². The van der Waals surface area contributed by atoms with Crippen LogP contribution in [0.4, 0.5) is 0 Å². The maximum atomic E-state index is 13.1. The van der Waals surface area contributed by atoms with Gasteiger partial charge in [-0.15, -0.1) is 0 Å². The van der Waals surface area contributed by atoms with Gasteiger partial charge < -0.3 is 19.1 Å². The molecule has 2 aromatic carbocycles. The molecule has 0 aromatic heterocycles. The third-order valence-corrected chi connectivity index (χ3v) is 5.42. The molecule has 0 saturated heterocycles. The average Bonchev–Trinajstić information content (AvgIpc) is 2.80. The molecule has 6 nitrogen and oxygen atoms in total. The van der Waals surface area contributed by atoms with E-state index in [1.54, 1.807) is 6.07 Å². The summed E-state index contributed by atoms with van der Waals surface area (Å²) in [5.41, 5.74) is 3.02. The number of ether oxygens (including phenoxy) is 3. The summed E-state index contributed by atoms with van der Waals surface area (Å²) in [4.78, 5) is 26.6. The Morgan fingerprint density at radius 2 is 1.55 bits per heavy atom. The molecule has 0 radical (unpaired) electrons. The first-order valence-corrected chi connectivity index (χ1v) is 10.6. The fraction of sp³-hybridized carbons (Fsp3) is 0.360. The van der Waals surface area contributed by atoms with Crippen LogP contribution in [0.3, 0.4) is 0 Å². The van der Waals surface area contributed by atoms with Crippen LogP contribution in [-0.4, -0.2) is 56.1 Å². The standard InChI is InChI=1S/C25H29NO5/c1-4-24(27)31-16-15-30-23-12-8-10-19-21(23)17-20-18(25(19)28)9-7-11-22(20)29-14-13-26(5-2)6-3/h4,7-12H,1,5-6,13-17H2,2-3H3. The number of ketones is 1. The van der Waals surface area contributed by atoms with E-state index < -0.39 is 5.97 Å². The highest BCUT2D eigenvalue weighted by atomic mass is 16.6. The second kappa shape index (κ2) is 10.8. The lowest BCUT2D eigenvalue weighted by molar-refractivity contribution is -0.138. The van der Waals surface area contributed by atoms with E-state index in [4.69, 9.17) is 14.2 Å². The van der Waals surface area contributed by atoms with E-state index in [0.717, 1.165) is 42.6 Å². The molecule has 0 atom stereocenters. The second-order valence-corrected chi connectivity index (χ2v) is 7.17. The molecular formula is C25H29NO5. The Labute approximate surface area is 183 Å². The lowest BCUT2D eigenvalue weighted by atomic mass is 9.84. The molecule has 0 heterocycles. The molecule has 164 valence electrons. The summed E-state index contributed by atoms with van der Waals surface area (Å²) in [6, 6.07) is 11.1. The van der Waals surface area contributed by atoms with E-state index >= 15 is 0 Å². The highest BCUT2D eigenvalue weighted by molar-refractivity contribution is 6.13. The summed E-state index contributed by atoms with van der Waals surface area (Å²) in [6.45, 7) is 11.3. The van der Waals surface area contributed by atoms with Gasteiger partial charge in [-0.3, -0.25) is 4.79 Å². The Morgan fingerprint density at radius 1 is 0.968 bits per heavy atom. The Balaban J connectivity index is 1.76. The van der Waals surface area contributed by atoms with Crippen molar-refractivity contribution in [2.45, 2.75) is 20.3 Å². The molecule has 0 fully saturated rings. The predicted octanol–water partition coefficient (Wildman–Crippen LogP) is 3.65. The molecule has 0 spiro atoms. The Kier molecular flexibility index (Phi) is 7.84. The zero-order chi connectivity index (χ0) is 22.2. The number of carbonyl (C=O) groups excluding carboxylic acids is 2. The van der Waals surface area contributed by atoms with Crippen molar-refractivity contribution in [1.29, 1.82) is 0 Å². The highest BCUT2D eigenvalue weighted by Gasteiger charge is 2.28. The molecule has 3 rings (SSSR count). The van der Waals surface area contributed by atoms with Gasteiger partial charge in [0.15, 0.2) is 5.78 Å². The van der Waals surface area contributed by atoms with E-state index in [-0.39, 0.29) is 19.0 Å². The third-order valence-electron chi connectivity index (χ3n) is 5.42. The molecule has 6 heteroatoms. The van der Waals surface area contributed by atoms with Crippen LogP contribution in [0, 0.1) is 0 Å². The monoisotopic (exact) mass is 423 g/mol. The molecule has 0 N–H and O–H groups in total. The number of carbonyl (C=O) groups is 2. The van der Waals surface area contributed by atoms with Crippen molar-refractivity contribution >= 4 is 11.8 Å². The summed E-state index contributed by atoms with van der Waals surface area (Å²) in [7, 11) is 0. The molecule has 2 aromatic rings. The normalized spacial score (nSPS) is 12.2. The molecular weight excluding hydrogens is 394 g/mol. The minimum atomic E-state index is -0.491. The van der Waals surface area contributed by atoms with E-state index in [2.05, 4.69) is 25.3 Å². The lowest BCUT2D eigenvalue weighted by Crippen LogP contribution is -2.28. The third kappa shape index (κ3) is 5.33. The van der Waals surface area contributed by atoms with Crippen molar-refractivity contribution in [2.75, 3.05) is 39.5 Å². The number of hydrogen-bond donors (Lipinski definition) is 0. The van der Waals surface area contributed by atoms with Crippen LogP contribution in [0.2, 0.25) is 0 Å². The molecule has 0 saturated carbocycles. The van der Waals surface area contributed by atoms with Gasteiger partial charge in [-0.2, -0.15) is 0 Å². The SMILES string of the molecule is C=CC(=O)OCCOc1cccc2c1Cc1c(OCCN(CC)CC)cccc1C2=O. The minimum Gasteiger partial charge on any atom is -0.492 e. The summed E-state index contributed by atoms with van der Waals surface area (Å²) in [5, 5.41) is 0. The molecule has 1 aliphatic carbocycles. The van der Waals surface area contributed by atoms with E-state index in [1.807, 2.05) is 30.3 Å². The van der Waals surface area contributed by atoms with Crippen LogP contribution in [0.15, 0.2) is 49.1 Å². The van der Waals surface area contributed by atoms with Gasteiger partial charge in [-0.25, -0.2) is 4.79 Å². The van der Waals surface area contributed by atoms with Gasteiger partial charge in [0.2, 0.25) is 0 Å². The summed E-state index contributed by atoms with van der Waals surface area (Å²) in [6.07, 6.45) is 1.65. The average molecular weight is 424 g/mol. The molecule has 31 heavy (non-hydrogen) atoms. The van der Waals surface area contributed by atoms with Gasteiger partial charge in [0, 0.05) is 41.3 Å². The number of benzene rings is 2. The van der Waals surface area contributed by atoms with Crippen LogP contribution in [0.5, 0.6) is 11.5 Å². The van der Waals surface area contributed by atoms with Crippen molar-refractivity contribution in [3.05, 3.63) is 71.3 Å². The number of likely N-dealkylation sites (N-methyl/N-ethyl adjacent to an activating group) is 1. The minimum absolute atomic E-state index is 0.0334. The Hall–Kier alpha value is -3.12. The first-order chi connectivity index (χ1) is 15.1. The first-order valence-electron chi connectivity index (χ1n) is 10.6. The van der Waals surface area contributed by atoms with Gasteiger partial charge in [-0.1, -0.05) is 44.7 Å². The largest absolute Gasteiger partial charge is 0.492 e. The van der Waals surface area contributed by atoms with Crippen LogP contribution >= 0.6 is 0 Å². The fourth-order valence-electron chi connectivity index (χ4n) is 3.69. The molecule has 1 aliphatic rings. The first kappa shape index (κ1) is 22.6. The molecule has 0 bridgehead atoms. The molecule has 0 unspecified atom stereocenters. The zero-order valence-corrected chi connectivity index (χ0v) is 18.2. The quantitative estimate of drug-likeness (QED) is 0.266. The maximum absolute atomic E-state index is 13.1. The number of nitrogens with zero attached hydrogens (tertiary/aromatic N) is 1. The molecule has 0 aliphatic heterocycles. The topological polar surface area (TPSA) is 65.1 Å². The second-order valence-electron chi connectivity index (χ2n) is 7.17. The smallest absolute Gasteiger partial charge is 0.330 e. The van der Waals surface area contributed by atoms with Gasteiger partial charge in [0.25, 0.3) is 0 Å². The van der Waals surface area contributed by atoms with Gasteiger partial charge >= 0.3 is 5.97 Å². The summed E-state index contributed by atoms with van der Waals surface area (Å²) >= 11 is 0. The van der Waals surface area contributed by atoms with Crippen LogP contribution < -0.4 is 9.47 Å². The van der Waals surface area contributed by atoms with Crippen molar-refractivity contribution in [1.82, 2.24) is 4.90 Å². The number of hydrogen-bond acceptors (Lipinski definition) is 6. The Bertz CT molecular complexity index is 949. The Morgan fingerprint density at radius 3 is 2.10 bits per heavy atom. The van der Waals surface area contributed by atoms with E-state index in [9.17, 15) is 9.59 Å². The van der Waals surface area contributed by atoms with Crippen molar-refractivity contribution < 1.29 is 23.8 Å². The van der Waals surface area contributed by atoms with Crippen molar-refractivity contribution in [3.63, 3.8) is 0 Å². The van der Waals surface area contributed by atoms with Gasteiger partial charge in [-0.05, 0) is 25.2 Å². The summed E-state index contributed by atoms with van der Waals surface area (Å²) in [5.74, 6) is 0.825. The number of fused-ring (bicyclic) bond motifs is 2. The molecule has 0 amide bonds. The highest BCUT2D eigenvalue weighted by Crippen LogP contribution is 2.37. The lowest BCUT2D eigenvalue weighted by Gasteiger charge is -2.24. The van der Waals surface area contributed by atoms with E-state index in [0.29, 0.717) is 29.9 Å². The van der Waals surface area contributed by atoms with Gasteiger partial charge in [0.05, 0.1) is 0 Å². The van der Waals surface area contributed by atoms with Crippen LogP contribution in [-0.2, 0) is 16.0 Å². The van der Waals surface area contributed by atoms with Crippen LogP contribution in [0.1, 0.15) is 40.9 Å². The van der Waals surface area contributed by atoms with Crippen LogP contribution in [0.25, 0.3) is 0 Å². The zero-order valence-electron chi connectivity index (χ0n) is 18.2. The van der Waals surface area contributed by atoms with Crippen molar-refractivity contribution in [2.24, 2.45) is 0 Å². The predicted molar refractivity (Wildman–Crippen MR) is 119 cm³/mol. The number of rotatable bonds is 11. The number of esters is 1. The fourth-order valence-corrected chi connectivity index (χ4v) is 3.69. The summed E-state index contributed by atoms with van der Waals surface area (Å²) < 4.78 is 16.9. The van der Waals surface area contributed by atoms with Crippen molar-refractivity contribution in [3.8, 4) is 11.5 Å². The maximum Gasteiger partial charge on any atom is 0.330 e.